The first-order valence-electron chi connectivity index (χ1n) is 8.75. The van der Waals surface area contributed by atoms with Crippen LogP contribution in [0.3, 0.4) is 0 Å². The van der Waals surface area contributed by atoms with E-state index in [1.165, 1.54) is 22.5 Å². The average molecular weight is 386 g/mol. The zero-order valence-electron chi connectivity index (χ0n) is 15.5. The second-order valence-corrected chi connectivity index (χ2v) is 9.57. The predicted octanol–water partition coefficient (Wildman–Crippen LogP) is 2.89. The van der Waals surface area contributed by atoms with Gasteiger partial charge >= 0.3 is 6.09 Å². The summed E-state index contributed by atoms with van der Waals surface area (Å²) >= 11 is 0. The summed E-state index contributed by atoms with van der Waals surface area (Å²) in [5.74, 6) is -0.866. The van der Waals surface area contributed by atoms with Gasteiger partial charge in [-0.05, 0) is 45.6 Å². The predicted molar refractivity (Wildman–Crippen MR) is 97.6 cm³/mol. The minimum atomic E-state index is -3.61. The topological polar surface area (TPSA) is 75.7 Å². The molecule has 0 radical (unpaired) electrons. The Kier molecular flexibility index (Phi) is 6.63. The molecular weight excluding hydrogens is 359 g/mol. The van der Waals surface area contributed by atoms with Crippen molar-refractivity contribution in [3.8, 4) is 0 Å². The van der Waals surface area contributed by atoms with E-state index in [4.69, 9.17) is 4.74 Å². The summed E-state index contributed by atoms with van der Waals surface area (Å²) < 4.78 is 45.6. The van der Waals surface area contributed by atoms with Gasteiger partial charge in [0.2, 0.25) is 10.0 Å². The van der Waals surface area contributed by atoms with Crippen molar-refractivity contribution in [2.24, 2.45) is 5.92 Å². The second kappa shape index (κ2) is 8.35. The lowest BCUT2D eigenvalue weighted by molar-refractivity contribution is 0.0513. The number of piperidine rings is 1. The number of alkyl carbamates (subject to hydrolysis) is 1. The zero-order chi connectivity index (χ0) is 19.4. The van der Waals surface area contributed by atoms with E-state index in [9.17, 15) is 17.6 Å². The normalized spacial score (nSPS) is 19.2. The van der Waals surface area contributed by atoms with Crippen molar-refractivity contribution in [2.75, 3.05) is 19.6 Å². The summed E-state index contributed by atoms with van der Waals surface area (Å²) in [6.07, 6.45) is 1.02. The Balaban J connectivity index is 1.92. The van der Waals surface area contributed by atoms with Crippen LogP contribution >= 0.6 is 0 Å². The maximum atomic E-state index is 13.8. The third-order valence-corrected chi connectivity index (χ3v) is 5.90. The molecule has 1 aromatic rings. The molecule has 1 amide bonds. The molecule has 1 heterocycles. The number of benzene rings is 1. The molecule has 1 N–H and O–H groups in total. The van der Waals surface area contributed by atoms with Crippen LogP contribution < -0.4 is 5.32 Å². The number of carbonyl (C=O) groups excluding carboxylic acids is 1. The first-order chi connectivity index (χ1) is 12.1. The Hall–Kier alpha value is -1.67. The van der Waals surface area contributed by atoms with Crippen molar-refractivity contribution in [1.29, 1.82) is 0 Å². The zero-order valence-corrected chi connectivity index (χ0v) is 16.3. The quantitative estimate of drug-likeness (QED) is 0.844. The first kappa shape index (κ1) is 20.6. The van der Waals surface area contributed by atoms with E-state index >= 15 is 0 Å². The van der Waals surface area contributed by atoms with Gasteiger partial charge in [0.25, 0.3) is 0 Å². The van der Waals surface area contributed by atoms with Gasteiger partial charge < -0.3 is 10.1 Å². The van der Waals surface area contributed by atoms with E-state index in [1.54, 1.807) is 26.8 Å². The molecular formula is C18H27FN2O4S. The van der Waals surface area contributed by atoms with Crippen LogP contribution in [0.5, 0.6) is 0 Å². The Bertz CT molecular complexity index is 731. The van der Waals surface area contributed by atoms with Crippen LogP contribution in [0.1, 0.15) is 39.2 Å². The summed E-state index contributed by atoms with van der Waals surface area (Å²) in [5, 5.41) is 2.70. The molecule has 1 aliphatic heterocycles. The van der Waals surface area contributed by atoms with Crippen molar-refractivity contribution in [3.63, 3.8) is 0 Å². The number of amides is 1. The number of carbonyl (C=O) groups is 1. The Labute approximate surface area is 154 Å². The van der Waals surface area contributed by atoms with Gasteiger partial charge in [-0.2, -0.15) is 0 Å². The maximum Gasteiger partial charge on any atom is 0.407 e. The molecule has 1 atom stereocenters. The van der Waals surface area contributed by atoms with E-state index in [0.29, 0.717) is 26.1 Å². The van der Waals surface area contributed by atoms with Crippen LogP contribution in [0, 0.1) is 11.7 Å². The Morgan fingerprint density at radius 2 is 2.04 bits per heavy atom. The third-order valence-electron chi connectivity index (χ3n) is 4.10. The van der Waals surface area contributed by atoms with Crippen LogP contribution in [-0.2, 0) is 20.5 Å². The molecule has 0 unspecified atom stereocenters. The van der Waals surface area contributed by atoms with Crippen molar-refractivity contribution >= 4 is 16.1 Å². The average Bonchev–Trinajstić information content (AvgIpc) is 2.54. The van der Waals surface area contributed by atoms with Gasteiger partial charge in [0.1, 0.15) is 11.4 Å². The molecule has 1 aliphatic rings. The standard InChI is InChI=1S/C18H27FN2O4S/c1-18(2,3)25-17(22)20-11-14-7-6-10-21(12-14)26(23,24)13-15-8-4-5-9-16(15)19/h4-5,8-9,14H,6-7,10-13H2,1-3H3,(H,20,22)/t14-/m0/s1. The van der Waals surface area contributed by atoms with Crippen LogP contribution in [0.2, 0.25) is 0 Å². The van der Waals surface area contributed by atoms with E-state index in [1.807, 2.05) is 0 Å². The monoisotopic (exact) mass is 386 g/mol. The number of halogens is 1. The number of ether oxygens (including phenoxy) is 1. The molecule has 0 aromatic heterocycles. The summed E-state index contributed by atoms with van der Waals surface area (Å²) in [4.78, 5) is 11.8. The molecule has 1 fully saturated rings. The molecule has 0 spiro atoms. The highest BCUT2D eigenvalue weighted by atomic mass is 32.2. The highest BCUT2D eigenvalue weighted by Crippen LogP contribution is 2.22. The number of rotatable bonds is 5. The maximum absolute atomic E-state index is 13.8. The van der Waals surface area contributed by atoms with Crippen molar-refractivity contribution in [3.05, 3.63) is 35.6 Å². The van der Waals surface area contributed by atoms with Crippen LogP contribution in [0.15, 0.2) is 24.3 Å². The molecule has 0 aliphatic carbocycles. The number of hydrogen-bond donors (Lipinski definition) is 1. The molecule has 1 aromatic carbocycles. The Morgan fingerprint density at radius 1 is 1.35 bits per heavy atom. The molecule has 26 heavy (non-hydrogen) atoms. The van der Waals surface area contributed by atoms with E-state index in [-0.39, 0.29) is 17.2 Å². The summed E-state index contributed by atoms with van der Waals surface area (Å²) in [5.41, 5.74) is -0.410. The van der Waals surface area contributed by atoms with Crippen LogP contribution in [0.4, 0.5) is 9.18 Å². The number of hydrogen-bond acceptors (Lipinski definition) is 4. The van der Waals surface area contributed by atoms with Crippen molar-refractivity contribution < 1.29 is 22.3 Å². The smallest absolute Gasteiger partial charge is 0.407 e. The summed E-state index contributed by atoms with van der Waals surface area (Å²) in [6.45, 7) is 6.42. The van der Waals surface area contributed by atoms with Crippen molar-refractivity contribution in [2.45, 2.75) is 45.0 Å². The number of nitrogens with one attached hydrogen (secondary N) is 1. The van der Waals surface area contributed by atoms with E-state index in [0.717, 1.165) is 6.42 Å². The lowest BCUT2D eigenvalue weighted by Crippen LogP contribution is -2.44. The van der Waals surface area contributed by atoms with Crippen LogP contribution in [-0.4, -0.2) is 44.1 Å². The van der Waals surface area contributed by atoms with Gasteiger partial charge in [-0.15, -0.1) is 0 Å². The SMILES string of the molecule is CC(C)(C)OC(=O)NC[C@@H]1CCCN(S(=O)(=O)Cc2ccccc2F)C1. The molecule has 0 bridgehead atoms. The fourth-order valence-electron chi connectivity index (χ4n) is 2.89. The number of sulfonamides is 1. The lowest BCUT2D eigenvalue weighted by Gasteiger charge is -2.32. The highest BCUT2D eigenvalue weighted by Gasteiger charge is 2.30. The first-order valence-corrected chi connectivity index (χ1v) is 10.4. The molecule has 8 heteroatoms. The van der Waals surface area contributed by atoms with Gasteiger partial charge in [-0.1, -0.05) is 18.2 Å². The molecule has 146 valence electrons. The largest absolute Gasteiger partial charge is 0.444 e. The minimum Gasteiger partial charge on any atom is -0.444 e. The van der Waals surface area contributed by atoms with E-state index < -0.39 is 27.5 Å². The summed E-state index contributed by atoms with van der Waals surface area (Å²) in [7, 11) is -3.61. The minimum absolute atomic E-state index is 0.00617. The van der Waals surface area contributed by atoms with E-state index in [2.05, 4.69) is 5.32 Å². The van der Waals surface area contributed by atoms with Gasteiger partial charge in [-0.25, -0.2) is 21.9 Å². The fourth-order valence-corrected chi connectivity index (χ4v) is 4.55. The number of nitrogens with zero attached hydrogens (tertiary/aromatic N) is 1. The van der Waals surface area contributed by atoms with Gasteiger partial charge in [-0.3, -0.25) is 0 Å². The molecule has 0 saturated carbocycles. The Morgan fingerprint density at radius 3 is 2.69 bits per heavy atom. The fraction of sp³-hybridized carbons (Fsp3) is 0.611. The van der Waals surface area contributed by atoms with Crippen LogP contribution in [0.25, 0.3) is 0 Å². The molecule has 6 nitrogen and oxygen atoms in total. The van der Waals surface area contributed by atoms with Gasteiger partial charge in [0, 0.05) is 25.2 Å². The highest BCUT2D eigenvalue weighted by molar-refractivity contribution is 7.88. The van der Waals surface area contributed by atoms with Gasteiger partial charge in [0.05, 0.1) is 5.75 Å². The molecule has 2 rings (SSSR count). The van der Waals surface area contributed by atoms with Crippen molar-refractivity contribution in [1.82, 2.24) is 9.62 Å². The third kappa shape index (κ3) is 6.25. The molecule has 1 saturated heterocycles. The summed E-state index contributed by atoms with van der Waals surface area (Å²) in [6, 6.07) is 5.90. The second-order valence-electron chi connectivity index (χ2n) is 7.60. The van der Waals surface area contributed by atoms with Gasteiger partial charge in [0.15, 0.2) is 0 Å². The lowest BCUT2D eigenvalue weighted by atomic mass is 10.00.